The maximum atomic E-state index is 13.0. The molecule has 1 saturated heterocycles. The average Bonchev–Trinajstić information content (AvgIpc) is 3.58. The lowest BCUT2D eigenvalue weighted by molar-refractivity contribution is 0.164. The summed E-state index contributed by atoms with van der Waals surface area (Å²) in [7, 11) is -1.04. The zero-order chi connectivity index (χ0) is 29.6. The van der Waals surface area contributed by atoms with E-state index in [9.17, 15) is 9.47 Å². The highest BCUT2D eigenvalue weighted by Crippen LogP contribution is 2.53. The maximum Gasteiger partial charge on any atom is 0.212 e. The van der Waals surface area contributed by atoms with Crippen molar-refractivity contribution in [1.29, 1.82) is 5.26 Å². The number of aromatic nitrogens is 5. The van der Waals surface area contributed by atoms with E-state index >= 15 is 0 Å². The second-order valence-electron chi connectivity index (χ2n) is 11.8. The van der Waals surface area contributed by atoms with E-state index in [4.69, 9.17) is 22.3 Å². The van der Waals surface area contributed by atoms with E-state index in [0.29, 0.717) is 16.5 Å². The third kappa shape index (κ3) is 5.13. The number of anilines is 2. The highest BCUT2D eigenvalue weighted by atomic mass is 35.5. The minimum atomic E-state index is -1.04. The van der Waals surface area contributed by atoms with Gasteiger partial charge in [-0.05, 0) is 68.7 Å². The number of rotatable bonds is 6. The van der Waals surface area contributed by atoms with Crippen LogP contribution >= 0.6 is 23.4 Å². The maximum absolute atomic E-state index is 13.0. The Kier molecular flexibility index (Phi) is 7.64. The van der Waals surface area contributed by atoms with Gasteiger partial charge in [0.25, 0.3) is 0 Å². The third-order valence-electron chi connectivity index (χ3n) is 8.31. The van der Waals surface area contributed by atoms with Gasteiger partial charge < -0.3 is 10.6 Å². The second-order valence-corrected chi connectivity index (χ2v) is 15.5. The summed E-state index contributed by atoms with van der Waals surface area (Å²) in [5.74, 6) is 1.46. The number of halogens is 1. The number of hydrogen-bond donors (Lipinski definition) is 2. The molecule has 13 heteroatoms. The van der Waals surface area contributed by atoms with Crippen molar-refractivity contribution >= 4 is 51.6 Å². The first kappa shape index (κ1) is 28.9. The molecular formula is C29H32ClN9OS2. The number of hydrogen-bond acceptors (Lipinski definition) is 10. The first-order chi connectivity index (χ1) is 20.1. The number of pyridine rings is 1. The summed E-state index contributed by atoms with van der Waals surface area (Å²) in [4.78, 5) is 12.7. The van der Waals surface area contributed by atoms with Gasteiger partial charge in [0.1, 0.15) is 12.1 Å². The van der Waals surface area contributed by atoms with Crippen LogP contribution in [0.3, 0.4) is 0 Å². The minimum absolute atomic E-state index is 0.0217. The molecule has 1 aliphatic heterocycles. The molecule has 2 atom stereocenters. The Hall–Kier alpha value is -3.24. The molecule has 1 spiro atoms. The molecule has 0 radical (unpaired) electrons. The second kappa shape index (κ2) is 11.1. The normalized spacial score (nSPS) is 18.7. The molecule has 1 fully saturated rings. The number of nitrogens with two attached hydrogens (primary N) is 1. The van der Waals surface area contributed by atoms with Crippen molar-refractivity contribution < 1.29 is 4.21 Å². The summed E-state index contributed by atoms with van der Waals surface area (Å²) in [6.45, 7) is 7.54. The highest BCUT2D eigenvalue weighted by Gasteiger charge is 2.48. The summed E-state index contributed by atoms with van der Waals surface area (Å²) < 4.78 is 14.6. The van der Waals surface area contributed by atoms with Gasteiger partial charge in [0, 0.05) is 52.0 Å². The van der Waals surface area contributed by atoms with E-state index in [1.54, 1.807) is 18.7 Å². The van der Waals surface area contributed by atoms with Gasteiger partial charge in [-0.25, -0.2) is 14.4 Å². The number of nitrogens with zero attached hydrogens (tertiary/aromatic N) is 7. The Morgan fingerprint density at radius 3 is 2.76 bits per heavy atom. The number of fused-ring (bicyclic) bond motifs is 2. The number of piperidine rings is 1. The molecule has 6 rings (SSSR count). The molecule has 2 unspecified atom stereocenters. The molecule has 4 heterocycles. The molecule has 4 aromatic rings. The molecule has 0 amide bonds. The molecule has 0 saturated carbocycles. The van der Waals surface area contributed by atoms with E-state index in [1.807, 2.05) is 43.4 Å². The minimum Gasteiger partial charge on any atom is -0.382 e. The molecule has 1 aliphatic carbocycles. The lowest BCUT2D eigenvalue weighted by Crippen LogP contribution is -2.47. The Bertz CT molecular complexity index is 1720. The summed E-state index contributed by atoms with van der Waals surface area (Å²) in [6, 6.07) is 10.2. The molecule has 1 aromatic carbocycles. The largest absolute Gasteiger partial charge is 0.382 e. The fourth-order valence-corrected chi connectivity index (χ4v) is 7.89. The van der Waals surface area contributed by atoms with Gasteiger partial charge in [-0.15, -0.1) is 10.2 Å². The van der Waals surface area contributed by atoms with Crippen LogP contribution in [0.4, 0.5) is 11.8 Å². The van der Waals surface area contributed by atoms with Crippen LogP contribution in [0.15, 0.2) is 52.8 Å². The van der Waals surface area contributed by atoms with Crippen LogP contribution in [0.5, 0.6) is 0 Å². The van der Waals surface area contributed by atoms with E-state index in [-0.39, 0.29) is 22.0 Å². The van der Waals surface area contributed by atoms with E-state index < -0.39 is 10.8 Å². The molecule has 218 valence electrons. The summed E-state index contributed by atoms with van der Waals surface area (Å²) in [5.41, 5.74) is 9.50. The van der Waals surface area contributed by atoms with Crippen molar-refractivity contribution in [3.8, 4) is 6.07 Å². The first-order valence-electron chi connectivity index (χ1n) is 13.8. The van der Waals surface area contributed by atoms with E-state index in [0.717, 1.165) is 64.8 Å². The number of nitrogens with one attached hydrogen (secondary N) is 1. The monoisotopic (exact) mass is 621 g/mol. The van der Waals surface area contributed by atoms with Gasteiger partial charge in [-0.3, -0.25) is 9.53 Å². The summed E-state index contributed by atoms with van der Waals surface area (Å²) >= 11 is 7.81. The summed E-state index contributed by atoms with van der Waals surface area (Å²) in [5, 5.41) is 22.5. The predicted octanol–water partition coefficient (Wildman–Crippen LogP) is 4.76. The van der Waals surface area contributed by atoms with E-state index in [1.165, 1.54) is 11.8 Å². The van der Waals surface area contributed by atoms with Crippen molar-refractivity contribution in [2.45, 2.75) is 60.6 Å². The van der Waals surface area contributed by atoms with Crippen LogP contribution in [0.2, 0.25) is 5.02 Å². The lowest BCUT2D eigenvalue weighted by Gasteiger charge is -2.44. The van der Waals surface area contributed by atoms with Crippen LogP contribution in [-0.2, 0) is 17.2 Å². The Balaban J connectivity index is 1.26. The number of nitriles is 1. The van der Waals surface area contributed by atoms with Crippen LogP contribution in [0, 0.1) is 16.7 Å². The van der Waals surface area contributed by atoms with Gasteiger partial charge in [-0.1, -0.05) is 35.5 Å². The first-order valence-corrected chi connectivity index (χ1v) is 16.3. The standard InChI is InChI=1S/C29H32ClN9OS2/c1-28(2,3)42(40)17-35-24-19-6-4-5-18(14-31)20(19)13-29(24)8-11-38(12-9-29)27-34-15-22(26-37-36-16-39(26)27)41-21-7-10-33-25(32)23(21)30/h4-7,10,15-16,24,35H,8-9,11-13,17H2,1-3H3,(H2,32,33). The zero-order valence-corrected chi connectivity index (χ0v) is 26.1. The Morgan fingerprint density at radius 1 is 1.24 bits per heavy atom. The SMILES string of the molecule is CC(C)(C)S(=O)CNC1c2cccc(C#N)c2CC12CCN(c1ncc(Sc3ccnc(N)c3Cl)c3nncn13)CC2. The molecule has 3 N–H and O–H groups in total. The third-order valence-corrected chi connectivity index (χ3v) is 11.7. The molecule has 10 nitrogen and oxygen atoms in total. The van der Waals surface area contributed by atoms with Gasteiger partial charge in [0.15, 0.2) is 5.65 Å². The average molecular weight is 622 g/mol. The molecular weight excluding hydrogens is 590 g/mol. The van der Waals surface area contributed by atoms with Crippen molar-refractivity contribution in [2.24, 2.45) is 5.41 Å². The quantitative estimate of drug-likeness (QED) is 0.310. The van der Waals surface area contributed by atoms with Crippen molar-refractivity contribution in [1.82, 2.24) is 29.9 Å². The van der Waals surface area contributed by atoms with Crippen molar-refractivity contribution in [3.05, 3.63) is 64.7 Å². The predicted molar refractivity (Wildman–Crippen MR) is 166 cm³/mol. The molecule has 0 bridgehead atoms. The van der Waals surface area contributed by atoms with E-state index in [2.05, 4.69) is 37.5 Å². The van der Waals surface area contributed by atoms with Crippen LogP contribution in [-0.4, -0.2) is 52.5 Å². The van der Waals surface area contributed by atoms with Gasteiger partial charge >= 0.3 is 0 Å². The number of nitrogen functional groups attached to an aromatic ring is 1. The molecule has 2 aliphatic rings. The van der Waals surface area contributed by atoms with Gasteiger partial charge in [0.2, 0.25) is 5.95 Å². The Morgan fingerprint density at radius 2 is 2.02 bits per heavy atom. The van der Waals surface area contributed by atoms with Crippen LogP contribution in [0.1, 0.15) is 56.3 Å². The highest BCUT2D eigenvalue weighted by molar-refractivity contribution is 7.99. The zero-order valence-electron chi connectivity index (χ0n) is 23.7. The fraction of sp³-hybridized carbons (Fsp3) is 0.414. The van der Waals surface area contributed by atoms with Crippen molar-refractivity contribution in [2.75, 3.05) is 29.6 Å². The van der Waals surface area contributed by atoms with Gasteiger partial charge in [-0.2, -0.15) is 5.26 Å². The topological polar surface area (TPSA) is 138 Å². The van der Waals surface area contributed by atoms with Crippen molar-refractivity contribution in [3.63, 3.8) is 0 Å². The van der Waals surface area contributed by atoms with Gasteiger partial charge in [0.05, 0.1) is 27.4 Å². The van der Waals surface area contributed by atoms with Crippen LogP contribution in [0.25, 0.3) is 5.65 Å². The smallest absolute Gasteiger partial charge is 0.212 e. The number of benzene rings is 1. The lowest BCUT2D eigenvalue weighted by atomic mass is 9.73. The Labute approximate surface area is 256 Å². The summed E-state index contributed by atoms with van der Waals surface area (Å²) in [6.07, 6.45) is 7.71. The van der Waals surface area contributed by atoms with Crippen LogP contribution < -0.4 is 16.0 Å². The molecule has 3 aromatic heterocycles. The fourth-order valence-electron chi connectivity index (χ4n) is 6.01. The molecule has 42 heavy (non-hydrogen) atoms.